The van der Waals surface area contributed by atoms with Gasteiger partial charge in [-0.2, -0.15) is 0 Å². The summed E-state index contributed by atoms with van der Waals surface area (Å²) in [6.07, 6.45) is 11.6. The van der Waals surface area contributed by atoms with Crippen molar-refractivity contribution >= 4 is 16.4 Å². The molecule has 0 unspecified atom stereocenters. The predicted octanol–water partition coefficient (Wildman–Crippen LogP) is 7.83. The molecule has 0 aromatic carbocycles. The van der Waals surface area contributed by atoms with Gasteiger partial charge in [-0.1, -0.05) is 65.1 Å². The number of fused-ring (bicyclic) bond motifs is 3. The molecule has 0 aromatic heterocycles. The number of rotatable bonds is 9. The van der Waals surface area contributed by atoms with Crippen molar-refractivity contribution in [3.8, 4) is 0 Å². The van der Waals surface area contributed by atoms with E-state index in [1.165, 1.54) is 31.7 Å². The first kappa shape index (κ1) is 27.4. The Balaban J connectivity index is 1.92. The molecule has 3 nitrogen and oxygen atoms in total. The first-order valence-corrected chi connectivity index (χ1v) is 19.9. The molecular formula is C28H52O3Si2. The second kappa shape index (κ2) is 9.68. The first-order valence-electron chi connectivity index (χ1n) is 13.3. The molecule has 3 aliphatic carbocycles. The van der Waals surface area contributed by atoms with Crippen LogP contribution in [0.5, 0.6) is 0 Å². The van der Waals surface area contributed by atoms with Crippen LogP contribution in [0.2, 0.25) is 43.8 Å². The summed E-state index contributed by atoms with van der Waals surface area (Å²) in [5.41, 5.74) is 3.60. The highest BCUT2D eigenvalue weighted by atomic mass is 28.4. The van der Waals surface area contributed by atoms with Gasteiger partial charge in [-0.25, -0.2) is 0 Å². The Labute approximate surface area is 206 Å². The number of methoxy groups -OCH3 is 1. The quantitative estimate of drug-likeness (QED) is 0.242. The third kappa shape index (κ3) is 5.63. The number of ether oxygens (including phenoxy) is 2. The molecule has 3 aliphatic rings. The van der Waals surface area contributed by atoms with Crippen LogP contribution in [0.3, 0.4) is 0 Å². The average Bonchev–Trinajstić information content (AvgIpc) is 3.00. The van der Waals surface area contributed by atoms with Gasteiger partial charge in [-0.15, -0.1) is 0 Å². The number of hydrogen-bond donors (Lipinski definition) is 0. The molecule has 0 saturated heterocycles. The summed E-state index contributed by atoms with van der Waals surface area (Å²) < 4.78 is 18.7. The van der Waals surface area contributed by atoms with Crippen LogP contribution in [0.15, 0.2) is 23.3 Å². The molecular weight excluding hydrogens is 440 g/mol. The van der Waals surface area contributed by atoms with Gasteiger partial charge >= 0.3 is 0 Å². The zero-order valence-corrected chi connectivity index (χ0v) is 25.4. The Morgan fingerprint density at radius 1 is 1.06 bits per heavy atom. The zero-order valence-electron chi connectivity index (χ0n) is 23.4. The van der Waals surface area contributed by atoms with E-state index in [2.05, 4.69) is 72.6 Å². The lowest BCUT2D eigenvalue weighted by atomic mass is 9.53. The van der Waals surface area contributed by atoms with E-state index in [0.29, 0.717) is 25.2 Å². The fraction of sp³-hybridized carbons (Fsp3) is 0.857. The van der Waals surface area contributed by atoms with Gasteiger partial charge in [-0.3, -0.25) is 0 Å². The maximum absolute atomic E-state index is 7.13. The van der Waals surface area contributed by atoms with E-state index in [9.17, 15) is 0 Å². The molecule has 1 saturated carbocycles. The highest BCUT2D eigenvalue weighted by Crippen LogP contribution is 2.64. The maximum Gasteiger partial charge on any atom is 0.192 e. The molecule has 3 rings (SSSR count). The molecule has 0 heterocycles. The molecule has 190 valence electrons. The van der Waals surface area contributed by atoms with Gasteiger partial charge < -0.3 is 13.9 Å². The second-order valence-corrected chi connectivity index (χ2v) is 24.3. The molecule has 0 bridgehead atoms. The van der Waals surface area contributed by atoms with Crippen molar-refractivity contribution in [2.75, 3.05) is 26.9 Å². The van der Waals surface area contributed by atoms with Crippen LogP contribution in [0.25, 0.3) is 0 Å². The van der Waals surface area contributed by atoms with Crippen molar-refractivity contribution in [1.82, 2.24) is 0 Å². The number of allylic oxidation sites excluding steroid dienone is 3. The van der Waals surface area contributed by atoms with Gasteiger partial charge in [0, 0.05) is 20.6 Å². The van der Waals surface area contributed by atoms with Crippen molar-refractivity contribution < 1.29 is 13.9 Å². The van der Waals surface area contributed by atoms with Crippen molar-refractivity contribution in [2.24, 2.45) is 16.7 Å². The lowest BCUT2D eigenvalue weighted by molar-refractivity contribution is -0.0538. The Bertz CT molecular complexity index is 758. The molecule has 0 N–H and O–H groups in total. The lowest BCUT2D eigenvalue weighted by Crippen LogP contribution is -2.53. The summed E-state index contributed by atoms with van der Waals surface area (Å²) in [7, 11) is -1.17. The Morgan fingerprint density at radius 3 is 2.36 bits per heavy atom. The van der Waals surface area contributed by atoms with Crippen LogP contribution in [-0.2, 0) is 13.9 Å². The average molecular weight is 493 g/mol. The van der Waals surface area contributed by atoms with Crippen LogP contribution < -0.4 is 0 Å². The van der Waals surface area contributed by atoms with Crippen molar-refractivity contribution in [1.29, 1.82) is 0 Å². The first-order chi connectivity index (χ1) is 15.1. The fourth-order valence-electron chi connectivity index (χ4n) is 6.51. The Kier molecular flexibility index (Phi) is 8.04. The van der Waals surface area contributed by atoms with Gasteiger partial charge in [0.2, 0.25) is 0 Å². The summed E-state index contributed by atoms with van der Waals surface area (Å²) in [6.45, 7) is 24.1. The predicted molar refractivity (Wildman–Crippen MR) is 146 cm³/mol. The van der Waals surface area contributed by atoms with E-state index >= 15 is 0 Å². The van der Waals surface area contributed by atoms with Crippen LogP contribution in [0.4, 0.5) is 0 Å². The molecule has 0 amide bonds. The normalized spacial score (nSPS) is 32.8. The topological polar surface area (TPSA) is 27.7 Å². The Morgan fingerprint density at radius 2 is 1.76 bits per heavy atom. The minimum atomic E-state index is -1.81. The van der Waals surface area contributed by atoms with Gasteiger partial charge in [-0.05, 0) is 73.2 Å². The minimum Gasteiger partial charge on any atom is -0.413 e. The zero-order chi connectivity index (χ0) is 24.7. The molecule has 1 fully saturated rings. The summed E-state index contributed by atoms with van der Waals surface area (Å²) >= 11 is 0. The Hall–Kier alpha value is -0.206. The summed E-state index contributed by atoms with van der Waals surface area (Å²) in [6, 6.07) is 1.32. The minimum absolute atomic E-state index is 0.134. The van der Waals surface area contributed by atoms with E-state index in [-0.39, 0.29) is 15.9 Å². The molecule has 0 spiro atoms. The maximum atomic E-state index is 7.13. The third-order valence-corrected chi connectivity index (χ3v) is 15.3. The van der Waals surface area contributed by atoms with Crippen LogP contribution in [0, 0.1) is 16.7 Å². The third-order valence-electron chi connectivity index (χ3n) is 9.30. The fourth-order valence-corrected chi connectivity index (χ4v) is 9.61. The summed E-state index contributed by atoms with van der Waals surface area (Å²) in [5, 5.41) is 0.247. The van der Waals surface area contributed by atoms with E-state index in [1.54, 1.807) is 18.3 Å². The van der Waals surface area contributed by atoms with Gasteiger partial charge in [0.1, 0.15) is 0 Å². The van der Waals surface area contributed by atoms with Crippen molar-refractivity contribution in [3.63, 3.8) is 0 Å². The smallest absolute Gasteiger partial charge is 0.192 e. The summed E-state index contributed by atoms with van der Waals surface area (Å²) in [5.74, 6) is 0.631. The van der Waals surface area contributed by atoms with Gasteiger partial charge in [0.15, 0.2) is 8.32 Å². The molecule has 0 aromatic rings. The molecule has 4 atom stereocenters. The highest BCUT2D eigenvalue weighted by Gasteiger charge is 2.60. The number of hydrogen-bond acceptors (Lipinski definition) is 3. The van der Waals surface area contributed by atoms with Crippen LogP contribution in [0.1, 0.15) is 59.8 Å². The van der Waals surface area contributed by atoms with Gasteiger partial charge in [0.05, 0.1) is 25.9 Å². The molecule has 0 aliphatic heterocycles. The molecule has 5 heteroatoms. The SMILES string of the molecule is COCCOC[C@]12CCC(C[Si](C)(C)C)=CC1=CC[C@]1(C)[C@@H](O[Si](C)(C)C(C)(C)C)CC[C@@H]21. The molecule has 33 heavy (non-hydrogen) atoms. The van der Waals surface area contributed by atoms with E-state index < -0.39 is 16.4 Å². The van der Waals surface area contributed by atoms with Crippen LogP contribution >= 0.6 is 0 Å². The van der Waals surface area contributed by atoms with E-state index in [4.69, 9.17) is 13.9 Å². The second-order valence-electron chi connectivity index (χ2n) is 14.1. The van der Waals surface area contributed by atoms with E-state index in [1.807, 2.05) is 0 Å². The van der Waals surface area contributed by atoms with Crippen molar-refractivity contribution in [3.05, 3.63) is 23.3 Å². The van der Waals surface area contributed by atoms with Gasteiger partial charge in [0.25, 0.3) is 0 Å². The molecule has 0 radical (unpaired) electrons. The van der Waals surface area contributed by atoms with Crippen LogP contribution in [-0.4, -0.2) is 49.4 Å². The van der Waals surface area contributed by atoms with Crippen molar-refractivity contribution in [2.45, 2.75) is 110 Å². The standard InChI is InChI=1S/C28H52O3Si2/c1-26(2,3)33(9,10)31-25-12-11-24-27(25,4)15-14-23-19-22(20-32(6,7)8)13-16-28(23,24)21-30-18-17-29-5/h14,19,24-25H,11-13,15-18,20-21H2,1-10H3/t24-,25+,27+,28-/m1/s1. The monoisotopic (exact) mass is 492 g/mol. The van der Waals surface area contributed by atoms with E-state index in [0.717, 1.165) is 13.0 Å². The summed E-state index contributed by atoms with van der Waals surface area (Å²) in [4.78, 5) is 0. The highest BCUT2D eigenvalue weighted by molar-refractivity contribution is 6.76. The lowest BCUT2D eigenvalue weighted by Gasteiger charge is -2.54. The largest absolute Gasteiger partial charge is 0.413 e.